The van der Waals surface area contributed by atoms with E-state index in [4.69, 9.17) is 4.74 Å². The molecule has 2 atom stereocenters. The van der Waals surface area contributed by atoms with Crippen molar-refractivity contribution in [2.75, 3.05) is 29.5 Å². The third kappa shape index (κ3) is 5.52. The lowest BCUT2D eigenvalue weighted by Crippen LogP contribution is -2.33. The Labute approximate surface area is 185 Å². The van der Waals surface area contributed by atoms with Gasteiger partial charge >= 0.3 is 6.09 Å². The van der Waals surface area contributed by atoms with Crippen LogP contribution in [-0.4, -0.2) is 63.5 Å². The summed E-state index contributed by atoms with van der Waals surface area (Å²) in [6.45, 7) is 4.27. The Bertz CT molecular complexity index is 1100. The van der Waals surface area contributed by atoms with Crippen LogP contribution in [0.25, 0.3) is 5.57 Å². The highest BCUT2D eigenvalue weighted by atomic mass is 32.2. The van der Waals surface area contributed by atoms with Crippen molar-refractivity contribution in [3.63, 3.8) is 0 Å². The van der Waals surface area contributed by atoms with Gasteiger partial charge in [-0.25, -0.2) is 13.4 Å². The zero-order chi connectivity index (χ0) is 23.7. The van der Waals surface area contributed by atoms with Crippen LogP contribution in [0.2, 0.25) is 0 Å². The van der Waals surface area contributed by atoms with Gasteiger partial charge < -0.3 is 15.2 Å². The van der Waals surface area contributed by atoms with E-state index in [-0.39, 0.29) is 36.9 Å². The molecule has 1 unspecified atom stereocenters. The maximum atomic E-state index is 14.9. The summed E-state index contributed by atoms with van der Waals surface area (Å²) in [6.07, 6.45) is 0.696. The van der Waals surface area contributed by atoms with E-state index in [1.54, 1.807) is 12.1 Å². The van der Waals surface area contributed by atoms with Gasteiger partial charge in [-0.05, 0) is 44.0 Å². The lowest BCUT2D eigenvalue weighted by molar-refractivity contribution is -0.132. The van der Waals surface area contributed by atoms with Gasteiger partial charge in [0.25, 0.3) is 5.91 Å². The van der Waals surface area contributed by atoms with Crippen molar-refractivity contribution in [2.24, 2.45) is 4.36 Å². The van der Waals surface area contributed by atoms with Gasteiger partial charge in [-0.3, -0.25) is 14.5 Å². The van der Waals surface area contributed by atoms with Gasteiger partial charge in [-0.2, -0.15) is 4.36 Å². The zero-order valence-electron chi connectivity index (χ0n) is 18.1. The van der Waals surface area contributed by atoms with Crippen LogP contribution in [0.5, 0.6) is 0 Å². The molecule has 2 heterocycles. The predicted molar refractivity (Wildman–Crippen MR) is 117 cm³/mol. The number of halogens is 1. The highest BCUT2D eigenvalue weighted by molar-refractivity contribution is 7.94. The average Bonchev–Trinajstić information content (AvgIpc) is 3.07. The average molecular weight is 468 g/mol. The van der Waals surface area contributed by atoms with Crippen molar-refractivity contribution in [3.05, 3.63) is 35.7 Å². The molecule has 0 spiro atoms. The predicted octanol–water partition coefficient (Wildman–Crippen LogP) is 1.84. The number of allylic oxidation sites excluding steroid dienone is 1. The SMILES string of the molecule is CC(=O)NC[C@H]1CN(c2ccc(C3=CCS(=O)(=NC(=O)C(C)(C)O)CC3)c(F)c2)C(=O)O1. The molecule has 0 saturated carbocycles. The quantitative estimate of drug-likeness (QED) is 0.681. The summed E-state index contributed by atoms with van der Waals surface area (Å²) in [7, 11) is -2.86. The van der Waals surface area contributed by atoms with E-state index in [9.17, 15) is 28.1 Å². The molecule has 1 aromatic rings. The number of hydrogen-bond donors (Lipinski definition) is 2. The van der Waals surface area contributed by atoms with E-state index in [0.717, 1.165) is 0 Å². The van der Waals surface area contributed by atoms with Crippen LogP contribution in [0.15, 0.2) is 28.6 Å². The van der Waals surface area contributed by atoms with Crippen LogP contribution in [0.4, 0.5) is 14.9 Å². The number of rotatable bonds is 5. The minimum atomic E-state index is -2.86. The number of cyclic esters (lactones) is 1. The first-order chi connectivity index (χ1) is 14.9. The summed E-state index contributed by atoms with van der Waals surface area (Å²) >= 11 is 0. The Morgan fingerprint density at radius 3 is 2.69 bits per heavy atom. The molecule has 0 aromatic heterocycles. The van der Waals surface area contributed by atoms with Crippen molar-refractivity contribution >= 4 is 38.9 Å². The largest absolute Gasteiger partial charge is 0.442 e. The summed E-state index contributed by atoms with van der Waals surface area (Å²) < 4.78 is 36.6. The number of amides is 3. The number of carbonyl (C=O) groups is 3. The molecular weight excluding hydrogens is 441 g/mol. The highest BCUT2D eigenvalue weighted by Gasteiger charge is 2.33. The first kappa shape index (κ1) is 23.9. The van der Waals surface area contributed by atoms with E-state index < -0.39 is 39.3 Å². The standard InChI is InChI=1S/C21H26FN3O6S/c1-13(26)23-11-16-12-25(20(28)31-16)15-4-5-17(18(22)10-15)14-6-8-32(30,9-7-14)24-19(27)21(2,3)29/h4-6,10,16,29H,7-9,11-12H2,1-3H3,(H,23,26)/t16-,32?/m0/s1. The number of nitrogens with zero attached hydrogens (tertiary/aromatic N) is 2. The Morgan fingerprint density at radius 2 is 2.12 bits per heavy atom. The van der Waals surface area contributed by atoms with Crippen molar-refractivity contribution in [1.29, 1.82) is 0 Å². The highest BCUT2D eigenvalue weighted by Crippen LogP contribution is 2.30. The molecular formula is C21H26FN3O6S. The third-order valence-corrected chi connectivity index (χ3v) is 7.14. The van der Waals surface area contributed by atoms with Gasteiger partial charge in [-0.1, -0.05) is 6.08 Å². The lowest BCUT2D eigenvalue weighted by Gasteiger charge is -2.20. The van der Waals surface area contributed by atoms with Crippen molar-refractivity contribution in [1.82, 2.24) is 5.32 Å². The molecule has 3 amide bonds. The van der Waals surface area contributed by atoms with Crippen molar-refractivity contribution in [2.45, 2.75) is 38.9 Å². The van der Waals surface area contributed by atoms with Crippen LogP contribution in [0, 0.1) is 5.82 Å². The van der Waals surface area contributed by atoms with Crippen molar-refractivity contribution < 1.29 is 32.8 Å². The summed E-state index contributed by atoms with van der Waals surface area (Å²) in [5, 5.41) is 12.3. The molecule has 2 aliphatic rings. The number of hydrogen-bond acceptors (Lipinski definition) is 6. The Morgan fingerprint density at radius 1 is 1.41 bits per heavy atom. The van der Waals surface area contributed by atoms with Crippen LogP contribution >= 0.6 is 0 Å². The van der Waals surface area contributed by atoms with Gasteiger partial charge in [-0.15, -0.1) is 0 Å². The number of nitrogens with one attached hydrogen (secondary N) is 1. The zero-order valence-corrected chi connectivity index (χ0v) is 18.9. The minimum absolute atomic E-state index is 0.0192. The second-order valence-corrected chi connectivity index (χ2v) is 10.8. The van der Waals surface area contributed by atoms with Gasteiger partial charge in [0.2, 0.25) is 5.91 Å². The van der Waals surface area contributed by atoms with Crippen LogP contribution in [0.1, 0.15) is 32.8 Å². The van der Waals surface area contributed by atoms with Crippen LogP contribution in [0.3, 0.4) is 0 Å². The maximum Gasteiger partial charge on any atom is 0.414 e. The topological polar surface area (TPSA) is 125 Å². The van der Waals surface area contributed by atoms with E-state index in [1.807, 2.05) is 0 Å². The number of aliphatic hydroxyl groups is 1. The van der Waals surface area contributed by atoms with Crippen LogP contribution < -0.4 is 10.2 Å². The smallest absolute Gasteiger partial charge is 0.414 e. The lowest BCUT2D eigenvalue weighted by atomic mass is 10.0. The second kappa shape index (κ2) is 8.99. The van der Waals surface area contributed by atoms with Gasteiger partial charge in [0.05, 0.1) is 34.3 Å². The summed E-state index contributed by atoms with van der Waals surface area (Å²) in [5.74, 6) is -1.58. The Kier molecular flexibility index (Phi) is 6.70. The molecule has 1 fully saturated rings. The molecule has 1 saturated heterocycles. The first-order valence-corrected chi connectivity index (χ1v) is 11.9. The monoisotopic (exact) mass is 467 g/mol. The fraction of sp³-hybridized carbons (Fsp3) is 0.476. The molecule has 0 bridgehead atoms. The number of anilines is 1. The van der Waals surface area contributed by atoms with Gasteiger partial charge in [0.1, 0.15) is 17.5 Å². The molecule has 32 heavy (non-hydrogen) atoms. The second-order valence-electron chi connectivity index (χ2n) is 8.30. The van der Waals surface area contributed by atoms with Gasteiger partial charge in [0, 0.05) is 18.2 Å². The Balaban J connectivity index is 1.74. The molecule has 9 nitrogen and oxygen atoms in total. The number of carbonyl (C=O) groups excluding carboxylic acids is 3. The molecule has 174 valence electrons. The van der Waals surface area contributed by atoms with E-state index in [2.05, 4.69) is 9.68 Å². The van der Waals surface area contributed by atoms with Gasteiger partial charge in [0.15, 0.2) is 0 Å². The number of benzene rings is 1. The fourth-order valence-electron chi connectivity index (χ4n) is 3.30. The molecule has 0 radical (unpaired) electrons. The Hall–Kier alpha value is -2.79. The molecule has 3 rings (SSSR count). The maximum absolute atomic E-state index is 14.9. The fourth-order valence-corrected chi connectivity index (χ4v) is 5.16. The first-order valence-electron chi connectivity index (χ1n) is 10.1. The molecule has 1 aromatic carbocycles. The summed E-state index contributed by atoms with van der Waals surface area (Å²) in [4.78, 5) is 36.3. The molecule has 11 heteroatoms. The minimum Gasteiger partial charge on any atom is -0.442 e. The van der Waals surface area contributed by atoms with Crippen LogP contribution in [-0.2, 0) is 24.1 Å². The molecule has 2 N–H and O–H groups in total. The van der Waals surface area contributed by atoms with E-state index in [1.165, 1.54) is 37.8 Å². The molecule has 0 aliphatic carbocycles. The third-order valence-electron chi connectivity index (χ3n) is 5.12. The normalized spacial score (nSPS) is 23.4. The van der Waals surface area contributed by atoms with E-state index in [0.29, 0.717) is 16.8 Å². The number of ether oxygens (including phenoxy) is 1. The summed E-state index contributed by atoms with van der Waals surface area (Å²) in [6, 6.07) is 4.36. The molecule has 2 aliphatic heterocycles. The van der Waals surface area contributed by atoms with Crippen molar-refractivity contribution in [3.8, 4) is 0 Å². The van der Waals surface area contributed by atoms with E-state index >= 15 is 0 Å². The summed E-state index contributed by atoms with van der Waals surface area (Å²) in [5.41, 5.74) is -0.431.